The van der Waals surface area contributed by atoms with Crippen LogP contribution in [0.25, 0.3) is 0 Å². The Kier molecular flexibility index (Phi) is 9.80. The number of piperazine rings is 1. The van der Waals surface area contributed by atoms with E-state index >= 15 is 0 Å². The highest BCUT2D eigenvalue weighted by Crippen LogP contribution is 2.20. The Morgan fingerprint density at radius 1 is 1.00 bits per heavy atom. The molecule has 4 rings (SSSR count). The van der Waals surface area contributed by atoms with E-state index in [1.807, 2.05) is 13.1 Å². The summed E-state index contributed by atoms with van der Waals surface area (Å²) in [4.78, 5) is 11.9. The van der Waals surface area contributed by atoms with Crippen molar-refractivity contribution in [2.45, 2.75) is 39.4 Å². The van der Waals surface area contributed by atoms with Crippen LogP contribution in [0.5, 0.6) is 0 Å². The van der Waals surface area contributed by atoms with Crippen LogP contribution < -0.4 is 5.32 Å². The molecule has 2 saturated heterocycles. The second-order valence-electron chi connectivity index (χ2n) is 8.88. The molecule has 0 saturated carbocycles. The van der Waals surface area contributed by atoms with Gasteiger partial charge in [0.2, 0.25) is 0 Å². The van der Waals surface area contributed by atoms with Gasteiger partial charge in [0.25, 0.3) is 0 Å². The highest BCUT2D eigenvalue weighted by molar-refractivity contribution is 14.0. The minimum atomic E-state index is 0. The first-order valence-electron chi connectivity index (χ1n) is 11.6. The fourth-order valence-electron chi connectivity index (χ4n) is 4.52. The van der Waals surface area contributed by atoms with E-state index < -0.39 is 0 Å². The summed E-state index contributed by atoms with van der Waals surface area (Å²) < 4.78 is 4.95. The van der Waals surface area contributed by atoms with Gasteiger partial charge in [-0.25, -0.2) is 0 Å². The normalized spacial score (nSPS) is 19.1. The molecule has 1 aromatic heterocycles. The van der Waals surface area contributed by atoms with E-state index in [-0.39, 0.29) is 24.0 Å². The van der Waals surface area contributed by atoms with Crippen LogP contribution in [0, 0.1) is 5.92 Å². The Labute approximate surface area is 209 Å². The summed E-state index contributed by atoms with van der Waals surface area (Å²) in [6.45, 7) is 11.4. The van der Waals surface area contributed by atoms with Gasteiger partial charge in [0, 0.05) is 58.9 Å². The molecule has 32 heavy (non-hydrogen) atoms. The molecule has 0 unspecified atom stereocenters. The molecule has 2 fully saturated rings. The van der Waals surface area contributed by atoms with E-state index in [9.17, 15) is 0 Å². The largest absolute Gasteiger partial charge is 0.364 e. The topological polar surface area (TPSA) is 60.1 Å². The number of likely N-dealkylation sites (tertiary alicyclic amines) is 1. The minimum absolute atomic E-state index is 0. The van der Waals surface area contributed by atoms with Crippen LogP contribution >= 0.6 is 24.0 Å². The van der Waals surface area contributed by atoms with Gasteiger partial charge in [0.1, 0.15) is 6.26 Å². The summed E-state index contributed by atoms with van der Waals surface area (Å²) in [5.41, 5.74) is 3.79. The maximum atomic E-state index is 4.95. The van der Waals surface area contributed by atoms with Crippen molar-refractivity contribution < 1.29 is 4.52 Å². The molecule has 2 aromatic rings. The SMILES string of the molecule is CN=C(NCc1ccccc1CN1CCC(C)CC1)N1CCN(Cc2ccon2)CC1.I. The third-order valence-electron chi connectivity index (χ3n) is 6.59. The molecule has 1 N–H and O–H groups in total. The van der Waals surface area contributed by atoms with Crippen molar-refractivity contribution in [1.82, 2.24) is 25.2 Å². The fraction of sp³-hybridized carbons (Fsp3) is 0.583. The van der Waals surface area contributed by atoms with Gasteiger partial charge in [0.05, 0.1) is 5.69 Å². The maximum Gasteiger partial charge on any atom is 0.194 e. The number of hydrogen-bond acceptors (Lipinski definition) is 5. The van der Waals surface area contributed by atoms with E-state index in [1.54, 1.807) is 6.26 Å². The number of guanidine groups is 1. The number of halogens is 1. The summed E-state index contributed by atoms with van der Waals surface area (Å²) >= 11 is 0. The van der Waals surface area contributed by atoms with Crippen molar-refractivity contribution in [3.05, 3.63) is 53.4 Å². The van der Waals surface area contributed by atoms with E-state index in [0.717, 1.165) is 63.4 Å². The Bertz CT molecular complexity index is 827. The molecule has 1 aromatic carbocycles. The van der Waals surface area contributed by atoms with Crippen molar-refractivity contribution >= 4 is 29.9 Å². The predicted octanol–water partition coefficient (Wildman–Crippen LogP) is 3.42. The molecule has 176 valence electrons. The highest BCUT2D eigenvalue weighted by Gasteiger charge is 2.21. The van der Waals surface area contributed by atoms with E-state index in [0.29, 0.717) is 0 Å². The van der Waals surface area contributed by atoms with Crippen LogP contribution in [-0.4, -0.2) is 72.1 Å². The lowest BCUT2D eigenvalue weighted by Gasteiger charge is -2.36. The first-order valence-corrected chi connectivity index (χ1v) is 11.6. The lowest BCUT2D eigenvalue weighted by Crippen LogP contribution is -2.52. The highest BCUT2D eigenvalue weighted by atomic mass is 127. The molecular formula is C24H37IN6O. The van der Waals surface area contributed by atoms with E-state index in [4.69, 9.17) is 4.52 Å². The van der Waals surface area contributed by atoms with E-state index in [2.05, 4.69) is 61.4 Å². The van der Waals surface area contributed by atoms with Crippen LogP contribution in [0.1, 0.15) is 36.6 Å². The number of aromatic nitrogens is 1. The predicted molar refractivity (Wildman–Crippen MR) is 139 cm³/mol. The molecule has 7 nitrogen and oxygen atoms in total. The first-order chi connectivity index (χ1) is 15.2. The van der Waals surface area contributed by atoms with Gasteiger partial charge in [-0.1, -0.05) is 36.3 Å². The summed E-state index contributed by atoms with van der Waals surface area (Å²) in [7, 11) is 1.88. The number of hydrogen-bond donors (Lipinski definition) is 1. The smallest absolute Gasteiger partial charge is 0.194 e. The Hall–Kier alpha value is -1.65. The third-order valence-corrected chi connectivity index (χ3v) is 6.59. The first kappa shape index (κ1) is 25.0. The van der Waals surface area contributed by atoms with Gasteiger partial charge >= 0.3 is 0 Å². The third kappa shape index (κ3) is 6.92. The molecule has 0 atom stereocenters. The summed E-state index contributed by atoms with van der Waals surface area (Å²) in [5, 5.41) is 7.64. The molecule has 0 radical (unpaired) electrons. The van der Waals surface area contributed by atoms with Crippen molar-refractivity contribution in [3.63, 3.8) is 0 Å². The number of piperidine rings is 1. The van der Waals surface area contributed by atoms with Crippen molar-refractivity contribution in [3.8, 4) is 0 Å². The molecule has 0 aliphatic carbocycles. The lowest BCUT2D eigenvalue weighted by atomic mass is 9.98. The number of nitrogens with zero attached hydrogens (tertiary/aromatic N) is 5. The average molecular weight is 553 g/mol. The van der Waals surface area contributed by atoms with Crippen LogP contribution in [0.2, 0.25) is 0 Å². The maximum absolute atomic E-state index is 4.95. The van der Waals surface area contributed by atoms with Gasteiger partial charge < -0.3 is 14.7 Å². The molecule has 0 bridgehead atoms. The van der Waals surface area contributed by atoms with Crippen LogP contribution in [0.15, 0.2) is 46.1 Å². The second-order valence-corrected chi connectivity index (χ2v) is 8.88. The van der Waals surface area contributed by atoms with Gasteiger partial charge in [-0.05, 0) is 43.0 Å². The molecule has 8 heteroatoms. The number of rotatable bonds is 6. The summed E-state index contributed by atoms with van der Waals surface area (Å²) in [5.74, 6) is 1.86. The average Bonchev–Trinajstić information content (AvgIpc) is 3.31. The van der Waals surface area contributed by atoms with Crippen LogP contribution in [0.3, 0.4) is 0 Å². The number of benzene rings is 1. The molecule has 2 aliphatic rings. The van der Waals surface area contributed by atoms with Gasteiger partial charge in [-0.2, -0.15) is 0 Å². The van der Waals surface area contributed by atoms with Gasteiger partial charge in [0.15, 0.2) is 5.96 Å². The van der Waals surface area contributed by atoms with Gasteiger partial charge in [-0.15, -0.1) is 24.0 Å². The minimum Gasteiger partial charge on any atom is -0.364 e. The van der Waals surface area contributed by atoms with Crippen LogP contribution in [0.4, 0.5) is 0 Å². The van der Waals surface area contributed by atoms with Gasteiger partial charge in [-0.3, -0.25) is 14.8 Å². The molecular weight excluding hydrogens is 515 g/mol. The van der Waals surface area contributed by atoms with E-state index in [1.165, 1.54) is 37.1 Å². The summed E-state index contributed by atoms with van der Waals surface area (Å²) in [6.07, 6.45) is 4.27. The van der Waals surface area contributed by atoms with Crippen molar-refractivity contribution in [2.75, 3.05) is 46.3 Å². The Morgan fingerprint density at radius 3 is 2.34 bits per heavy atom. The Balaban J connectivity index is 0.00000289. The fourth-order valence-corrected chi connectivity index (χ4v) is 4.52. The standard InChI is InChI=1S/C24H36N6O.HI/c1-20-7-10-28(11-8-20)18-22-6-4-3-5-21(22)17-26-24(25-2)30-14-12-29(13-15-30)19-23-9-16-31-27-23;/h3-6,9,16,20H,7-8,10-15,17-19H2,1-2H3,(H,25,26);1H. The molecule has 3 heterocycles. The van der Waals surface area contributed by atoms with Crippen molar-refractivity contribution in [1.29, 1.82) is 0 Å². The number of nitrogens with one attached hydrogen (secondary N) is 1. The molecule has 0 amide bonds. The summed E-state index contributed by atoms with van der Waals surface area (Å²) in [6, 6.07) is 10.8. The zero-order chi connectivity index (χ0) is 21.5. The molecule has 0 spiro atoms. The quantitative estimate of drug-likeness (QED) is 0.337. The zero-order valence-corrected chi connectivity index (χ0v) is 21.7. The van der Waals surface area contributed by atoms with Crippen molar-refractivity contribution in [2.24, 2.45) is 10.9 Å². The monoisotopic (exact) mass is 552 g/mol. The Morgan fingerprint density at radius 2 is 1.69 bits per heavy atom. The number of aliphatic imine (C=N–C) groups is 1. The zero-order valence-electron chi connectivity index (χ0n) is 19.4. The lowest BCUT2D eigenvalue weighted by molar-refractivity contribution is 0.169. The second kappa shape index (κ2) is 12.6. The van der Waals surface area contributed by atoms with Crippen LogP contribution in [-0.2, 0) is 19.6 Å². The molecule has 2 aliphatic heterocycles.